The van der Waals surface area contributed by atoms with Crippen molar-refractivity contribution in [3.63, 3.8) is 0 Å². The lowest BCUT2D eigenvalue weighted by atomic mass is 9.95. The first-order valence-electron chi connectivity index (χ1n) is 8.83. The monoisotopic (exact) mass is 362 g/mol. The molecule has 25 heavy (non-hydrogen) atoms. The van der Waals surface area contributed by atoms with Crippen LogP contribution in [-0.2, 0) is 4.79 Å². The Morgan fingerprint density at radius 3 is 2.80 bits per heavy atom. The Hall–Kier alpha value is -1.85. The highest BCUT2D eigenvalue weighted by Gasteiger charge is 2.33. The van der Waals surface area contributed by atoms with Gasteiger partial charge in [-0.2, -0.15) is 0 Å². The van der Waals surface area contributed by atoms with Crippen LogP contribution in [0, 0.1) is 11.8 Å². The van der Waals surface area contributed by atoms with E-state index in [0.717, 1.165) is 42.8 Å². The van der Waals surface area contributed by atoms with Gasteiger partial charge in [-0.15, -0.1) is 12.4 Å². The van der Waals surface area contributed by atoms with Gasteiger partial charge in [-0.25, -0.2) is 4.98 Å². The summed E-state index contributed by atoms with van der Waals surface area (Å²) in [7, 11) is 0. The minimum atomic E-state index is -0.0889. The molecule has 0 radical (unpaired) electrons. The van der Waals surface area contributed by atoms with Gasteiger partial charge < -0.3 is 16.0 Å². The highest BCUT2D eigenvalue weighted by Crippen LogP contribution is 2.31. The quantitative estimate of drug-likeness (QED) is 0.735. The van der Waals surface area contributed by atoms with Crippen LogP contribution in [0.3, 0.4) is 0 Å². The summed E-state index contributed by atoms with van der Waals surface area (Å²) in [5, 5.41) is 3.17. The molecule has 6 heteroatoms. The van der Waals surface area contributed by atoms with Crippen molar-refractivity contribution >= 4 is 18.3 Å². The van der Waals surface area contributed by atoms with Crippen molar-refractivity contribution in [1.29, 1.82) is 0 Å². The van der Waals surface area contributed by atoms with E-state index in [4.69, 9.17) is 5.73 Å². The van der Waals surface area contributed by atoms with Crippen molar-refractivity contribution in [3.05, 3.63) is 42.4 Å². The van der Waals surface area contributed by atoms with Crippen molar-refractivity contribution in [3.8, 4) is 11.3 Å². The van der Waals surface area contributed by atoms with Gasteiger partial charge in [0.2, 0.25) is 5.91 Å². The van der Waals surface area contributed by atoms with Gasteiger partial charge in [0.1, 0.15) is 5.82 Å². The normalized spacial score (nSPS) is 20.7. The zero-order valence-electron chi connectivity index (χ0n) is 14.6. The maximum atomic E-state index is 12.6. The number of amides is 1. The molecule has 4 N–H and O–H groups in total. The number of nitrogens with two attached hydrogens (primary N) is 1. The molecule has 1 heterocycles. The summed E-state index contributed by atoms with van der Waals surface area (Å²) >= 11 is 0. The number of aromatic nitrogens is 2. The van der Waals surface area contributed by atoms with E-state index in [1.54, 1.807) is 0 Å². The lowest BCUT2D eigenvalue weighted by Gasteiger charge is -2.21. The molecule has 1 amide bonds. The molecule has 0 saturated heterocycles. The molecule has 1 unspecified atom stereocenters. The first-order valence-corrected chi connectivity index (χ1v) is 8.83. The number of nitrogens with one attached hydrogen (secondary N) is 2. The molecule has 1 fully saturated rings. The fourth-order valence-corrected chi connectivity index (χ4v) is 3.58. The van der Waals surface area contributed by atoms with E-state index >= 15 is 0 Å². The smallest absolute Gasteiger partial charge is 0.224 e. The van der Waals surface area contributed by atoms with Gasteiger partial charge in [-0.3, -0.25) is 4.79 Å². The Bertz CT molecular complexity index is 673. The summed E-state index contributed by atoms with van der Waals surface area (Å²) in [6, 6.07) is 9.99. The molecule has 0 aliphatic heterocycles. The minimum absolute atomic E-state index is 0. The number of hydrogen-bond donors (Lipinski definition) is 3. The summed E-state index contributed by atoms with van der Waals surface area (Å²) < 4.78 is 0. The van der Waals surface area contributed by atoms with Crippen LogP contribution in [0.5, 0.6) is 0 Å². The summed E-state index contributed by atoms with van der Waals surface area (Å²) in [4.78, 5) is 20.5. The first-order chi connectivity index (χ1) is 11.7. The molecule has 3 rings (SSSR count). The molecule has 1 saturated carbocycles. The summed E-state index contributed by atoms with van der Waals surface area (Å²) in [6.45, 7) is 2.65. The van der Waals surface area contributed by atoms with E-state index < -0.39 is 0 Å². The third-order valence-electron chi connectivity index (χ3n) is 5.03. The topological polar surface area (TPSA) is 83.8 Å². The van der Waals surface area contributed by atoms with Crippen molar-refractivity contribution in [1.82, 2.24) is 15.3 Å². The lowest BCUT2D eigenvalue weighted by molar-refractivity contribution is -0.126. The molecule has 0 spiro atoms. The maximum Gasteiger partial charge on any atom is 0.224 e. The molecule has 1 aromatic heterocycles. The highest BCUT2D eigenvalue weighted by atomic mass is 35.5. The van der Waals surface area contributed by atoms with Crippen LogP contribution in [0.2, 0.25) is 0 Å². The number of H-pyrrole nitrogens is 1. The number of carbonyl (C=O) groups is 1. The second kappa shape index (κ2) is 9.02. The van der Waals surface area contributed by atoms with Gasteiger partial charge in [-0.1, -0.05) is 43.7 Å². The number of rotatable bonds is 6. The van der Waals surface area contributed by atoms with Gasteiger partial charge in [0.15, 0.2) is 0 Å². The van der Waals surface area contributed by atoms with E-state index in [2.05, 4.69) is 22.2 Å². The van der Waals surface area contributed by atoms with Crippen LogP contribution in [0.15, 0.2) is 36.5 Å². The number of halogens is 1. The number of imidazole rings is 1. The zero-order chi connectivity index (χ0) is 16.9. The van der Waals surface area contributed by atoms with Crippen molar-refractivity contribution in [2.75, 3.05) is 6.54 Å². The predicted molar refractivity (Wildman–Crippen MR) is 102 cm³/mol. The van der Waals surface area contributed by atoms with Crippen molar-refractivity contribution in [2.45, 2.75) is 38.6 Å². The number of aromatic amines is 1. The molecule has 1 aliphatic rings. The summed E-state index contributed by atoms with van der Waals surface area (Å²) in [6.07, 6.45) is 5.72. The second-order valence-corrected chi connectivity index (χ2v) is 6.55. The van der Waals surface area contributed by atoms with Gasteiger partial charge in [0.25, 0.3) is 0 Å². The van der Waals surface area contributed by atoms with Crippen LogP contribution in [0.25, 0.3) is 11.3 Å². The summed E-state index contributed by atoms with van der Waals surface area (Å²) in [5.74, 6) is 1.30. The molecule has 2 aromatic rings. The third kappa shape index (κ3) is 4.41. The molecule has 136 valence electrons. The van der Waals surface area contributed by atoms with Crippen LogP contribution >= 0.6 is 12.4 Å². The number of nitrogens with zero attached hydrogens (tertiary/aromatic N) is 1. The van der Waals surface area contributed by atoms with Crippen molar-refractivity contribution < 1.29 is 4.79 Å². The van der Waals surface area contributed by atoms with Crippen LogP contribution in [0.1, 0.15) is 44.5 Å². The van der Waals surface area contributed by atoms with Crippen molar-refractivity contribution in [2.24, 2.45) is 17.6 Å². The SMILES string of the molecule is CCC(NC(=O)[C@@H]1CCC[C@@H]1CN)c1ncc(-c2ccccc2)[nH]1.Cl. The zero-order valence-corrected chi connectivity index (χ0v) is 15.4. The number of hydrogen-bond acceptors (Lipinski definition) is 3. The van der Waals surface area contributed by atoms with Crippen LogP contribution < -0.4 is 11.1 Å². The largest absolute Gasteiger partial charge is 0.346 e. The standard InChI is InChI=1S/C19H26N4O.ClH/c1-2-16(23-19(24)15-10-6-9-14(15)11-20)18-21-12-17(22-18)13-7-4-3-5-8-13;/h3-5,7-8,12,14-16H,2,6,9-11,20H2,1H3,(H,21,22)(H,23,24);1H/t14-,15-,16?;/m1./s1. The second-order valence-electron chi connectivity index (χ2n) is 6.55. The fraction of sp³-hybridized carbons (Fsp3) is 0.474. The average Bonchev–Trinajstić information content (AvgIpc) is 3.29. The molecular formula is C19H27ClN4O. The van der Waals surface area contributed by atoms with Gasteiger partial charge in [0.05, 0.1) is 17.9 Å². The third-order valence-corrected chi connectivity index (χ3v) is 5.03. The molecular weight excluding hydrogens is 336 g/mol. The Kier molecular flexibility index (Phi) is 7.02. The van der Waals surface area contributed by atoms with E-state index in [-0.39, 0.29) is 30.3 Å². The lowest BCUT2D eigenvalue weighted by Crippen LogP contribution is -2.37. The Morgan fingerprint density at radius 2 is 2.12 bits per heavy atom. The molecule has 5 nitrogen and oxygen atoms in total. The predicted octanol–water partition coefficient (Wildman–Crippen LogP) is 3.44. The maximum absolute atomic E-state index is 12.6. The van der Waals surface area contributed by atoms with Crippen LogP contribution in [0.4, 0.5) is 0 Å². The molecule has 1 aromatic carbocycles. The van der Waals surface area contributed by atoms with E-state index in [1.165, 1.54) is 0 Å². The first kappa shape index (κ1) is 19.5. The minimum Gasteiger partial charge on any atom is -0.346 e. The van der Waals surface area contributed by atoms with E-state index in [1.807, 2.05) is 36.5 Å². The molecule has 3 atom stereocenters. The molecule has 1 aliphatic carbocycles. The molecule has 0 bridgehead atoms. The van der Waals surface area contributed by atoms with E-state index in [9.17, 15) is 4.79 Å². The van der Waals surface area contributed by atoms with Crippen LogP contribution in [-0.4, -0.2) is 22.4 Å². The van der Waals surface area contributed by atoms with E-state index in [0.29, 0.717) is 12.5 Å². The van der Waals surface area contributed by atoms with Gasteiger partial charge in [0, 0.05) is 5.92 Å². The Labute approximate surface area is 155 Å². The summed E-state index contributed by atoms with van der Waals surface area (Å²) in [5.41, 5.74) is 7.87. The van der Waals surface area contributed by atoms with Gasteiger partial charge in [-0.05, 0) is 37.3 Å². The Balaban J connectivity index is 0.00000225. The Morgan fingerprint density at radius 1 is 1.36 bits per heavy atom. The number of benzene rings is 1. The average molecular weight is 363 g/mol. The number of carbonyl (C=O) groups excluding carboxylic acids is 1. The van der Waals surface area contributed by atoms with Gasteiger partial charge >= 0.3 is 0 Å². The highest BCUT2D eigenvalue weighted by molar-refractivity contribution is 5.85. The fourth-order valence-electron chi connectivity index (χ4n) is 3.58.